The van der Waals surface area contributed by atoms with Crippen LogP contribution in [0.3, 0.4) is 0 Å². The van der Waals surface area contributed by atoms with E-state index in [0.717, 1.165) is 11.6 Å². The van der Waals surface area contributed by atoms with Gasteiger partial charge in [0.2, 0.25) is 5.91 Å². The number of phenolic OH excluding ortho intramolecular Hbond substituents is 1. The molecule has 0 aliphatic carbocycles. The van der Waals surface area contributed by atoms with Gasteiger partial charge in [0.15, 0.2) is 0 Å². The van der Waals surface area contributed by atoms with Crippen molar-refractivity contribution in [3.63, 3.8) is 0 Å². The summed E-state index contributed by atoms with van der Waals surface area (Å²) in [6, 6.07) is 10.9. The van der Waals surface area contributed by atoms with Crippen LogP contribution < -0.4 is 11.1 Å². The number of nitrogens with one attached hydrogen (secondary N) is 1. The maximum atomic E-state index is 12.2. The molecule has 0 aromatic heterocycles. The van der Waals surface area contributed by atoms with Gasteiger partial charge in [-0.3, -0.25) is 14.1 Å². The fourth-order valence-corrected chi connectivity index (χ4v) is 3.77. The van der Waals surface area contributed by atoms with E-state index in [1.54, 1.807) is 0 Å². The molecule has 2 aromatic rings. The summed E-state index contributed by atoms with van der Waals surface area (Å²) in [5.41, 5.74) is 6.86. The number of hydrogen-bond donors (Lipinski definition) is 4. The monoisotopic (exact) mass is 454 g/mol. The first-order valence-corrected chi connectivity index (χ1v) is 11.0. The second-order valence-corrected chi connectivity index (χ2v) is 8.60. The molecule has 2 rings (SSSR count). The number of carbonyl (C=O) groups is 2. The number of aromatic hydroxyl groups is 1. The van der Waals surface area contributed by atoms with Crippen molar-refractivity contribution in [2.45, 2.75) is 36.6 Å². The van der Waals surface area contributed by atoms with Gasteiger partial charge in [-0.15, -0.1) is 0 Å². The average Bonchev–Trinajstić information content (AvgIpc) is 2.68. The molecule has 1 amide bonds. The number of phenols is 1. The van der Waals surface area contributed by atoms with Gasteiger partial charge >= 0.3 is 0 Å². The van der Waals surface area contributed by atoms with Gasteiger partial charge in [-0.05, 0) is 30.5 Å². The second-order valence-electron chi connectivity index (χ2n) is 6.77. The largest absolute Gasteiger partial charge is 0.506 e. The van der Waals surface area contributed by atoms with Gasteiger partial charge in [0.05, 0.1) is 6.04 Å². The quantitative estimate of drug-likeness (QED) is 0.400. The fourth-order valence-electron chi connectivity index (χ4n) is 2.81. The van der Waals surface area contributed by atoms with E-state index in [-0.39, 0.29) is 41.5 Å². The van der Waals surface area contributed by atoms with Crippen LogP contribution >= 0.6 is 11.6 Å². The maximum Gasteiger partial charge on any atom is 0.298 e. The minimum Gasteiger partial charge on any atom is -0.506 e. The number of benzene rings is 2. The maximum absolute atomic E-state index is 12.2. The molecule has 0 saturated carbocycles. The van der Waals surface area contributed by atoms with Crippen LogP contribution in [0.5, 0.6) is 5.75 Å². The molecule has 1 atom stereocenters. The van der Waals surface area contributed by atoms with Gasteiger partial charge in [0.1, 0.15) is 16.4 Å². The third-order valence-electron chi connectivity index (χ3n) is 4.41. The summed E-state index contributed by atoms with van der Waals surface area (Å²) in [6.07, 6.45) is 0.364. The Morgan fingerprint density at radius 3 is 2.47 bits per heavy atom. The van der Waals surface area contributed by atoms with Crippen LogP contribution in [-0.4, -0.2) is 42.4 Å². The molecule has 0 aliphatic rings. The zero-order valence-corrected chi connectivity index (χ0v) is 17.6. The summed E-state index contributed by atoms with van der Waals surface area (Å²) in [5.74, 6) is -1.49. The van der Waals surface area contributed by atoms with Crippen molar-refractivity contribution in [1.29, 1.82) is 0 Å². The lowest BCUT2D eigenvalue weighted by Gasteiger charge is -2.12. The second kappa shape index (κ2) is 10.5. The van der Waals surface area contributed by atoms with Crippen LogP contribution in [-0.2, 0) is 32.5 Å². The van der Waals surface area contributed by atoms with Crippen molar-refractivity contribution in [3.05, 3.63) is 58.6 Å². The van der Waals surface area contributed by atoms with E-state index < -0.39 is 26.8 Å². The molecule has 0 fully saturated rings. The molecule has 0 saturated heterocycles. The highest BCUT2D eigenvalue weighted by molar-refractivity contribution is 7.86. The van der Waals surface area contributed by atoms with E-state index in [4.69, 9.17) is 21.9 Å². The molecular weight excluding hydrogens is 432 g/mol. The van der Waals surface area contributed by atoms with Gasteiger partial charge in [-0.1, -0.05) is 41.9 Å². The van der Waals surface area contributed by atoms with Crippen molar-refractivity contribution in [1.82, 2.24) is 5.32 Å². The first kappa shape index (κ1) is 23.8. The summed E-state index contributed by atoms with van der Waals surface area (Å²) >= 11 is 5.80. The number of amides is 1. The molecule has 0 bridgehead atoms. The predicted molar refractivity (Wildman–Crippen MR) is 112 cm³/mol. The molecule has 2 aromatic carbocycles. The molecule has 5 N–H and O–H groups in total. The van der Waals surface area contributed by atoms with E-state index in [1.807, 2.05) is 30.3 Å². The lowest BCUT2D eigenvalue weighted by Crippen LogP contribution is -2.41. The number of nitrogens with two attached hydrogens (primary N) is 1. The molecular formula is C20H23ClN2O6S. The molecule has 0 aliphatic heterocycles. The summed E-state index contributed by atoms with van der Waals surface area (Å²) in [6.45, 7) is 0.416. The van der Waals surface area contributed by atoms with Gasteiger partial charge in [-0.2, -0.15) is 8.42 Å². The number of rotatable bonds is 10. The Morgan fingerprint density at radius 2 is 1.83 bits per heavy atom. The van der Waals surface area contributed by atoms with Gasteiger partial charge in [0, 0.05) is 30.0 Å². The van der Waals surface area contributed by atoms with E-state index in [9.17, 15) is 23.1 Å². The van der Waals surface area contributed by atoms with Crippen LogP contribution in [0.15, 0.2) is 47.4 Å². The van der Waals surface area contributed by atoms with Crippen molar-refractivity contribution in [2.24, 2.45) is 5.73 Å². The molecule has 162 valence electrons. The normalized spacial score (nSPS) is 12.4. The van der Waals surface area contributed by atoms with Gasteiger partial charge in [-0.25, -0.2) is 0 Å². The van der Waals surface area contributed by atoms with Crippen LogP contribution in [0.1, 0.15) is 24.0 Å². The Morgan fingerprint density at radius 1 is 1.17 bits per heavy atom. The fraction of sp³-hybridized carbons (Fsp3) is 0.300. The average molecular weight is 455 g/mol. The third kappa shape index (κ3) is 7.10. The highest BCUT2D eigenvalue weighted by Crippen LogP contribution is 2.31. The van der Waals surface area contributed by atoms with E-state index >= 15 is 0 Å². The molecule has 8 nitrogen and oxygen atoms in total. The summed E-state index contributed by atoms with van der Waals surface area (Å²) < 4.78 is 31.7. The van der Waals surface area contributed by atoms with Crippen LogP contribution in [0.4, 0.5) is 0 Å². The number of halogens is 1. The Hall–Kier alpha value is -2.46. The van der Waals surface area contributed by atoms with Crippen LogP contribution in [0.25, 0.3) is 0 Å². The molecule has 30 heavy (non-hydrogen) atoms. The molecule has 0 radical (unpaired) electrons. The first-order chi connectivity index (χ1) is 14.1. The molecule has 0 unspecified atom stereocenters. The minimum atomic E-state index is -4.70. The zero-order chi connectivity index (χ0) is 22.3. The summed E-state index contributed by atoms with van der Waals surface area (Å²) in [4.78, 5) is 23.5. The third-order valence-corrected chi connectivity index (χ3v) is 5.50. The van der Waals surface area contributed by atoms with Gasteiger partial charge in [0.25, 0.3) is 10.1 Å². The minimum absolute atomic E-state index is 0.0407. The first-order valence-electron chi connectivity index (χ1n) is 9.15. The standard InChI is InChI=1S/C20H23ClN2O6S/c21-15-10-14(19(25)18(12-15)30(27,28)29)11-16(24)6-7-17(22)20(26)23-9-8-13-4-2-1-3-5-13/h1-5,10,12,17,25H,6-9,11,22H2,(H,23,26)(H,27,28,29)/t17-/m0/s1. The SMILES string of the molecule is N[C@@H](CCC(=O)Cc1cc(Cl)cc(S(=O)(=O)O)c1O)C(=O)NCCc1ccccc1. The van der Waals surface area contributed by atoms with Gasteiger partial charge < -0.3 is 16.2 Å². The van der Waals surface area contributed by atoms with Crippen molar-refractivity contribution in [3.8, 4) is 5.75 Å². The predicted octanol–water partition coefficient (Wildman–Crippen LogP) is 1.87. The van der Waals surface area contributed by atoms with E-state index in [2.05, 4.69) is 5.32 Å². The Balaban J connectivity index is 1.85. The lowest BCUT2D eigenvalue weighted by atomic mass is 10.0. The smallest absolute Gasteiger partial charge is 0.298 e. The number of ketones is 1. The Bertz CT molecular complexity index is 1010. The van der Waals surface area contributed by atoms with Crippen molar-refractivity contribution >= 4 is 33.4 Å². The van der Waals surface area contributed by atoms with Crippen LogP contribution in [0.2, 0.25) is 5.02 Å². The number of hydrogen-bond acceptors (Lipinski definition) is 6. The molecule has 0 heterocycles. The van der Waals surface area contributed by atoms with Crippen molar-refractivity contribution in [2.75, 3.05) is 6.54 Å². The topological polar surface area (TPSA) is 147 Å². The lowest BCUT2D eigenvalue weighted by molar-refractivity contribution is -0.122. The van der Waals surface area contributed by atoms with Crippen LogP contribution in [0, 0.1) is 0 Å². The highest BCUT2D eigenvalue weighted by atomic mass is 35.5. The van der Waals surface area contributed by atoms with E-state index in [1.165, 1.54) is 6.07 Å². The Labute approximate surface area is 179 Å². The Kier molecular flexibility index (Phi) is 8.36. The summed E-state index contributed by atoms with van der Waals surface area (Å²) in [5, 5.41) is 12.7. The number of Topliss-reactive ketones (excluding diaryl/α,β-unsaturated/α-hetero) is 1. The zero-order valence-electron chi connectivity index (χ0n) is 16.0. The number of carbonyl (C=O) groups excluding carboxylic acids is 2. The molecule has 10 heteroatoms. The van der Waals surface area contributed by atoms with Crippen molar-refractivity contribution < 1.29 is 27.7 Å². The summed E-state index contributed by atoms with van der Waals surface area (Å²) in [7, 11) is -4.70. The van der Waals surface area contributed by atoms with E-state index in [0.29, 0.717) is 13.0 Å². The highest BCUT2D eigenvalue weighted by Gasteiger charge is 2.21. The molecule has 0 spiro atoms.